The number of hydrogen-bond donors (Lipinski definition) is 1. The van der Waals surface area contributed by atoms with Crippen LogP contribution >= 0.6 is 0 Å². The first-order chi connectivity index (χ1) is 15.1. The number of azo groups is 1. The van der Waals surface area contributed by atoms with E-state index in [9.17, 15) is 38.9 Å². The maximum absolute atomic E-state index is 11.8. The van der Waals surface area contributed by atoms with Crippen LogP contribution in [0.5, 0.6) is 5.75 Å². The number of benzene rings is 3. The summed E-state index contributed by atoms with van der Waals surface area (Å²) in [6.45, 7) is 0. The molecule has 0 saturated heterocycles. The van der Waals surface area contributed by atoms with Crippen molar-refractivity contribution >= 4 is 58.2 Å². The molecule has 176 valence electrons. The topological polar surface area (TPSA) is 232 Å². The minimum atomic E-state index is -5.42. The maximum Gasteiger partial charge on any atom is 1.00 e. The van der Waals surface area contributed by atoms with Crippen molar-refractivity contribution < 1.29 is 132 Å². The Hall–Kier alpha value is -0.150. The second kappa shape index (κ2) is 13.3. The van der Waals surface area contributed by atoms with Gasteiger partial charge in [-0.1, -0.05) is 0 Å². The van der Waals surface area contributed by atoms with Crippen LogP contribution in [0.2, 0.25) is 0 Å². The standard InChI is InChI=1S/C17H15N3O10S3.3Na/c1-30-15-5-9(2-3-14(15)18)19-20-10-4-12-13(16(6-10)32(24,25)26)7-11(31(21,22)23)8-17(12)33(27,28)29;;;/h2-8H,18H2,1H3,(H,21,22,23)(H,24,25,26)(H,27,28,29);;;/q;3*+1/p-3. The third-order valence-electron chi connectivity index (χ3n) is 4.28. The van der Waals surface area contributed by atoms with Crippen LogP contribution in [0.4, 0.5) is 17.1 Å². The molecule has 3 aromatic rings. The van der Waals surface area contributed by atoms with Gasteiger partial charge in [0.1, 0.15) is 36.1 Å². The molecule has 0 radical (unpaired) electrons. The number of fused-ring (bicyclic) bond motifs is 1. The summed E-state index contributed by atoms with van der Waals surface area (Å²) in [5, 5.41) is 6.17. The average molecular weight is 583 g/mol. The smallest absolute Gasteiger partial charge is 0.744 e. The molecule has 13 nitrogen and oxygen atoms in total. The Morgan fingerprint density at radius 2 is 1.19 bits per heavy atom. The minimum Gasteiger partial charge on any atom is -0.744 e. The minimum absolute atomic E-state index is 0. The Bertz CT molecular complexity index is 1650. The first-order valence-corrected chi connectivity index (χ1v) is 12.7. The van der Waals surface area contributed by atoms with Crippen molar-refractivity contribution in [3.05, 3.63) is 42.5 Å². The van der Waals surface area contributed by atoms with Crippen LogP contribution in [0.3, 0.4) is 0 Å². The number of methoxy groups -OCH3 is 1. The summed E-state index contributed by atoms with van der Waals surface area (Å²) >= 11 is 0. The molecule has 2 N–H and O–H groups in total. The molecule has 36 heavy (non-hydrogen) atoms. The summed E-state index contributed by atoms with van der Waals surface area (Å²) in [5.41, 5.74) is 5.79. The third kappa shape index (κ3) is 8.42. The van der Waals surface area contributed by atoms with Gasteiger partial charge >= 0.3 is 88.7 Å². The predicted octanol–water partition coefficient (Wildman–Crippen LogP) is -7.43. The molecule has 0 aliphatic carbocycles. The summed E-state index contributed by atoms with van der Waals surface area (Å²) in [4.78, 5) is -3.55. The number of nitrogens with two attached hydrogens (primary N) is 1. The molecule has 0 unspecified atom stereocenters. The van der Waals surface area contributed by atoms with Crippen LogP contribution in [0.15, 0.2) is 67.4 Å². The quantitative estimate of drug-likeness (QED) is 0.124. The monoisotopic (exact) mass is 583 g/mol. The molecule has 3 rings (SSSR count). The summed E-state index contributed by atoms with van der Waals surface area (Å²) < 4.78 is 110. The molecule has 0 heterocycles. The second-order valence-electron chi connectivity index (χ2n) is 6.45. The fourth-order valence-electron chi connectivity index (χ4n) is 2.85. The summed E-state index contributed by atoms with van der Waals surface area (Å²) in [5.74, 6) is 0.249. The predicted molar refractivity (Wildman–Crippen MR) is 109 cm³/mol. The van der Waals surface area contributed by atoms with Crippen molar-refractivity contribution in [3.63, 3.8) is 0 Å². The molecule has 0 aliphatic rings. The van der Waals surface area contributed by atoms with Gasteiger partial charge in [-0.3, -0.25) is 0 Å². The van der Waals surface area contributed by atoms with Crippen LogP contribution in [-0.4, -0.2) is 46.0 Å². The van der Waals surface area contributed by atoms with E-state index < -0.39 is 55.8 Å². The molecule has 0 saturated carbocycles. The van der Waals surface area contributed by atoms with E-state index in [0.717, 1.165) is 6.07 Å². The van der Waals surface area contributed by atoms with Crippen molar-refractivity contribution in [2.45, 2.75) is 14.7 Å². The summed E-state index contributed by atoms with van der Waals surface area (Å²) in [6.07, 6.45) is 0. The number of rotatable bonds is 6. The average Bonchev–Trinajstić information content (AvgIpc) is 2.69. The first kappa shape index (κ1) is 35.9. The maximum atomic E-state index is 11.8. The van der Waals surface area contributed by atoms with Gasteiger partial charge < -0.3 is 24.1 Å². The number of anilines is 1. The number of nitrogens with zero attached hydrogens (tertiary/aromatic N) is 2. The Balaban J connectivity index is 0.00000408. The van der Waals surface area contributed by atoms with Crippen molar-refractivity contribution in [1.82, 2.24) is 0 Å². The van der Waals surface area contributed by atoms with Gasteiger partial charge in [-0.15, -0.1) is 0 Å². The molecule has 19 heteroatoms. The molecule has 0 aromatic heterocycles. The van der Waals surface area contributed by atoms with Gasteiger partial charge in [0.15, 0.2) is 0 Å². The van der Waals surface area contributed by atoms with Gasteiger partial charge in [-0.25, -0.2) is 25.3 Å². The number of nitrogen functional groups attached to an aromatic ring is 1. The van der Waals surface area contributed by atoms with E-state index in [1.165, 1.54) is 25.3 Å². The SMILES string of the molecule is COc1cc(N=Nc2cc(S(=O)(=O)[O-])c3cc(S(=O)(=O)[O-])cc(S(=O)(=O)[O-])c3c2)ccc1N.[Na+].[Na+].[Na+]. The zero-order valence-electron chi connectivity index (χ0n) is 19.3. The van der Waals surface area contributed by atoms with E-state index in [0.29, 0.717) is 12.1 Å². The molecular weight excluding hydrogens is 571 g/mol. The number of hydrogen-bond acceptors (Lipinski definition) is 13. The van der Waals surface area contributed by atoms with Crippen molar-refractivity contribution in [3.8, 4) is 5.75 Å². The van der Waals surface area contributed by atoms with Crippen LogP contribution in [0.25, 0.3) is 10.8 Å². The Morgan fingerprint density at radius 1 is 0.694 bits per heavy atom. The third-order valence-corrected chi connectivity index (χ3v) is 6.84. The molecule has 0 bridgehead atoms. The fraction of sp³-hybridized carbons (Fsp3) is 0.0588. The van der Waals surface area contributed by atoms with E-state index in [1.54, 1.807) is 0 Å². The van der Waals surface area contributed by atoms with Gasteiger partial charge in [0.2, 0.25) is 0 Å². The summed E-state index contributed by atoms with van der Waals surface area (Å²) in [6, 6.07) is 6.59. The largest absolute Gasteiger partial charge is 1.00 e. The van der Waals surface area contributed by atoms with E-state index in [-0.39, 0.29) is 118 Å². The van der Waals surface area contributed by atoms with E-state index in [1.807, 2.05) is 0 Å². The van der Waals surface area contributed by atoms with Gasteiger partial charge in [0.05, 0.1) is 38.9 Å². The van der Waals surface area contributed by atoms with Crippen LogP contribution in [0.1, 0.15) is 0 Å². The molecule has 0 atom stereocenters. The fourth-order valence-corrected chi connectivity index (χ4v) is 4.86. The van der Waals surface area contributed by atoms with Gasteiger partial charge in [0.25, 0.3) is 0 Å². The number of ether oxygens (including phenoxy) is 1. The molecule has 3 aromatic carbocycles. The molecule has 0 fully saturated rings. The van der Waals surface area contributed by atoms with Crippen molar-refractivity contribution in [2.24, 2.45) is 10.2 Å². The van der Waals surface area contributed by atoms with Gasteiger partial charge in [-0.05, 0) is 36.4 Å². The van der Waals surface area contributed by atoms with E-state index in [2.05, 4.69) is 10.2 Å². The van der Waals surface area contributed by atoms with Gasteiger partial charge in [-0.2, -0.15) is 10.2 Å². The van der Waals surface area contributed by atoms with Crippen molar-refractivity contribution in [1.29, 1.82) is 0 Å². The zero-order valence-corrected chi connectivity index (χ0v) is 27.8. The first-order valence-electron chi connectivity index (χ1n) is 8.46. The van der Waals surface area contributed by atoms with Crippen LogP contribution in [0, 0.1) is 0 Å². The Kier molecular flexibility index (Phi) is 13.2. The van der Waals surface area contributed by atoms with Gasteiger partial charge in [0, 0.05) is 16.8 Å². The molecule has 0 amide bonds. The Morgan fingerprint density at radius 3 is 1.69 bits per heavy atom. The Labute approximate surface area is 273 Å². The summed E-state index contributed by atoms with van der Waals surface area (Å²) in [7, 11) is -14.8. The molecule has 0 aliphatic heterocycles. The van der Waals surface area contributed by atoms with E-state index >= 15 is 0 Å². The van der Waals surface area contributed by atoms with E-state index in [4.69, 9.17) is 10.5 Å². The van der Waals surface area contributed by atoms with Crippen LogP contribution in [-0.2, 0) is 30.4 Å². The van der Waals surface area contributed by atoms with Crippen LogP contribution < -0.4 is 99.1 Å². The second-order valence-corrected chi connectivity index (χ2v) is 10.5. The van der Waals surface area contributed by atoms with Crippen molar-refractivity contribution in [2.75, 3.05) is 12.8 Å². The zero-order chi connectivity index (χ0) is 24.8. The normalized spacial score (nSPS) is 11.9. The molecular formula is C17H12N3Na3O10S3. The molecule has 0 spiro atoms.